The Labute approximate surface area is 183 Å². The Kier molecular flexibility index (Phi) is 6.03. The minimum atomic E-state index is -0.792. The molecule has 7 atom stereocenters. The molecule has 4 aliphatic rings. The molecule has 0 amide bonds. The molecular formula is C25H30O6. The molecule has 0 spiro atoms. The van der Waals surface area contributed by atoms with Gasteiger partial charge in [0.25, 0.3) is 0 Å². The van der Waals surface area contributed by atoms with E-state index in [1.54, 1.807) is 0 Å². The third-order valence-corrected chi connectivity index (χ3v) is 7.05. The molecule has 5 rings (SSSR count). The molecule has 1 aromatic carbocycles. The molecule has 166 valence electrons. The van der Waals surface area contributed by atoms with Crippen molar-refractivity contribution in [2.45, 2.75) is 63.3 Å². The quantitative estimate of drug-likeness (QED) is 0.544. The minimum absolute atomic E-state index is 0.00160. The van der Waals surface area contributed by atoms with Gasteiger partial charge in [-0.2, -0.15) is 0 Å². The number of hydrogen-bond donors (Lipinski definition) is 0. The van der Waals surface area contributed by atoms with Crippen molar-refractivity contribution in [3.8, 4) is 11.8 Å². The zero-order chi connectivity index (χ0) is 21.3. The van der Waals surface area contributed by atoms with E-state index in [4.69, 9.17) is 23.7 Å². The molecule has 6 heteroatoms. The van der Waals surface area contributed by atoms with Crippen LogP contribution in [0.15, 0.2) is 30.3 Å². The molecule has 31 heavy (non-hydrogen) atoms. The lowest BCUT2D eigenvalue weighted by molar-refractivity contribution is -0.259. The van der Waals surface area contributed by atoms with Gasteiger partial charge >= 0.3 is 5.97 Å². The number of rotatable bonds is 3. The first-order valence-electron chi connectivity index (χ1n) is 11.4. The highest BCUT2D eigenvalue weighted by molar-refractivity contribution is 5.77. The maximum atomic E-state index is 12.9. The van der Waals surface area contributed by atoms with Crippen LogP contribution in [-0.4, -0.2) is 43.8 Å². The molecule has 3 heterocycles. The minimum Gasteiger partial charge on any atom is -0.446 e. The highest BCUT2D eigenvalue weighted by Crippen LogP contribution is 2.51. The highest BCUT2D eigenvalue weighted by atomic mass is 16.7. The summed E-state index contributed by atoms with van der Waals surface area (Å²) in [6.45, 7) is 3.45. The van der Waals surface area contributed by atoms with Gasteiger partial charge in [0.1, 0.15) is 6.61 Å². The number of hydrogen-bond acceptors (Lipinski definition) is 6. The van der Waals surface area contributed by atoms with Crippen molar-refractivity contribution < 1.29 is 28.5 Å². The molecule has 0 N–H and O–H groups in total. The Bertz CT molecular complexity index is 839. The number of carbonyl (C=O) groups excluding carboxylic acids is 1. The van der Waals surface area contributed by atoms with Crippen molar-refractivity contribution in [3.63, 3.8) is 0 Å². The van der Waals surface area contributed by atoms with Gasteiger partial charge < -0.3 is 23.7 Å². The molecule has 3 aliphatic heterocycles. The van der Waals surface area contributed by atoms with E-state index < -0.39 is 5.60 Å². The normalized spacial score (nSPS) is 39.6. The van der Waals surface area contributed by atoms with Crippen LogP contribution in [0.1, 0.15) is 50.9 Å². The number of benzene rings is 1. The van der Waals surface area contributed by atoms with E-state index in [0.29, 0.717) is 6.61 Å². The van der Waals surface area contributed by atoms with Crippen LogP contribution in [0.5, 0.6) is 0 Å². The summed E-state index contributed by atoms with van der Waals surface area (Å²) in [6.07, 6.45) is 4.29. The van der Waals surface area contributed by atoms with Gasteiger partial charge in [-0.3, -0.25) is 4.79 Å². The first-order chi connectivity index (χ1) is 15.1. The summed E-state index contributed by atoms with van der Waals surface area (Å²) in [7, 11) is 0. The van der Waals surface area contributed by atoms with Gasteiger partial charge in [0, 0.05) is 24.0 Å². The summed E-state index contributed by atoms with van der Waals surface area (Å²) in [5.41, 5.74) is 0.217. The highest BCUT2D eigenvalue weighted by Gasteiger charge is 2.59. The summed E-state index contributed by atoms with van der Waals surface area (Å²) < 4.78 is 29.4. The van der Waals surface area contributed by atoms with Gasteiger partial charge in [0.05, 0.1) is 18.6 Å². The van der Waals surface area contributed by atoms with Crippen LogP contribution in [0.2, 0.25) is 0 Å². The van der Waals surface area contributed by atoms with Gasteiger partial charge in [-0.1, -0.05) is 42.2 Å². The van der Waals surface area contributed by atoms with Gasteiger partial charge in [-0.15, -0.1) is 0 Å². The molecule has 3 saturated heterocycles. The number of esters is 1. The lowest BCUT2D eigenvalue weighted by Crippen LogP contribution is -2.49. The third kappa shape index (κ3) is 4.25. The Morgan fingerprint density at radius 3 is 2.81 bits per heavy atom. The van der Waals surface area contributed by atoms with Crippen LogP contribution in [0.4, 0.5) is 0 Å². The van der Waals surface area contributed by atoms with Crippen LogP contribution < -0.4 is 0 Å². The molecule has 1 aliphatic carbocycles. The van der Waals surface area contributed by atoms with E-state index in [0.717, 1.165) is 44.3 Å². The summed E-state index contributed by atoms with van der Waals surface area (Å²) >= 11 is 0. The zero-order valence-electron chi connectivity index (χ0n) is 18.0. The van der Waals surface area contributed by atoms with Crippen molar-refractivity contribution in [2.75, 3.05) is 19.8 Å². The number of cyclic esters (lactones) is 1. The molecular weight excluding hydrogens is 396 g/mol. The molecule has 0 radical (unpaired) electrons. The Balaban J connectivity index is 1.23. The van der Waals surface area contributed by atoms with E-state index in [1.165, 1.54) is 0 Å². The molecule has 0 aromatic heterocycles. The number of carbonyl (C=O) groups is 1. The second kappa shape index (κ2) is 8.91. The second-order valence-corrected chi connectivity index (χ2v) is 9.06. The van der Waals surface area contributed by atoms with Crippen molar-refractivity contribution in [1.82, 2.24) is 0 Å². The lowest BCUT2D eigenvalue weighted by Gasteiger charge is -2.44. The SMILES string of the molecule is CC1(C#CCOC2CCCCO2)OC(=O)[C@H]2[C@@H]3CO[C@H](c4ccccc4)O[C@@H]3CC[C@@H]21. The second-order valence-electron chi connectivity index (χ2n) is 9.06. The summed E-state index contributed by atoms with van der Waals surface area (Å²) in [6, 6.07) is 9.95. The molecule has 1 saturated carbocycles. The Morgan fingerprint density at radius 1 is 1.13 bits per heavy atom. The fraction of sp³-hybridized carbons (Fsp3) is 0.640. The van der Waals surface area contributed by atoms with Crippen molar-refractivity contribution >= 4 is 5.97 Å². The van der Waals surface area contributed by atoms with Crippen molar-refractivity contribution in [3.05, 3.63) is 35.9 Å². The fourth-order valence-corrected chi connectivity index (χ4v) is 5.45. The maximum Gasteiger partial charge on any atom is 0.311 e. The largest absolute Gasteiger partial charge is 0.446 e. The van der Waals surface area contributed by atoms with E-state index in [2.05, 4.69) is 11.8 Å². The predicted molar refractivity (Wildman–Crippen MR) is 112 cm³/mol. The third-order valence-electron chi connectivity index (χ3n) is 7.05. The van der Waals surface area contributed by atoms with Crippen LogP contribution in [-0.2, 0) is 28.5 Å². The summed E-state index contributed by atoms with van der Waals surface area (Å²) in [5, 5.41) is 0. The van der Waals surface area contributed by atoms with Crippen LogP contribution >= 0.6 is 0 Å². The predicted octanol–water partition coefficient (Wildman–Crippen LogP) is 3.61. The average molecular weight is 427 g/mol. The van der Waals surface area contributed by atoms with Crippen LogP contribution in [0, 0.1) is 29.6 Å². The lowest BCUT2D eigenvalue weighted by atomic mass is 9.66. The van der Waals surface area contributed by atoms with Gasteiger partial charge in [0.2, 0.25) is 0 Å². The molecule has 0 bridgehead atoms. The topological polar surface area (TPSA) is 63.2 Å². The average Bonchev–Trinajstić information content (AvgIpc) is 3.08. The Hall–Kier alpha value is -1.91. The summed E-state index contributed by atoms with van der Waals surface area (Å²) in [5.74, 6) is 5.90. The monoisotopic (exact) mass is 426 g/mol. The van der Waals surface area contributed by atoms with E-state index in [1.807, 2.05) is 37.3 Å². The van der Waals surface area contributed by atoms with Crippen molar-refractivity contribution in [2.24, 2.45) is 17.8 Å². The standard InChI is InChI=1S/C25H30O6/c1-25(13-7-15-28-21-10-5-6-14-27-21)19-11-12-20-18(22(19)23(26)31-25)16-29-24(30-20)17-8-3-2-4-9-17/h2-4,8-9,18-22,24H,5-6,10-12,14-16H2,1H3/t18-,19+,20-,21?,22+,24+,25?/m1/s1. The van der Waals surface area contributed by atoms with Crippen LogP contribution in [0.3, 0.4) is 0 Å². The van der Waals surface area contributed by atoms with Gasteiger partial charge in [-0.05, 0) is 39.0 Å². The van der Waals surface area contributed by atoms with E-state index in [-0.39, 0.29) is 49.0 Å². The van der Waals surface area contributed by atoms with Crippen LogP contribution in [0.25, 0.3) is 0 Å². The van der Waals surface area contributed by atoms with Gasteiger partial charge in [0.15, 0.2) is 18.2 Å². The molecule has 4 fully saturated rings. The summed E-state index contributed by atoms with van der Waals surface area (Å²) in [4.78, 5) is 12.9. The van der Waals surface area contributed by atoms with Gasteiger partial charge in [-0.25, -0.2) is 0 Å². The first kappa shape index (κ1) is 21.0. The van der Waals surface area contributed by atoms with E-state index in [9.17, 15) is 4.79 Å². The molecule has 6 nitrogen and oxygen atoms in total. The first-order valence-corrected chi connectivity index (χ1v) is 11.4. The molecule has 2 unspecified atom stereocenters. The number of ether oxygens (including phenoxy) is 5. The van der Waals surface area contributed by atoms with E-state index >= 15 is 0 Å². The Morgan fingerprint density at radius 2 is 2.00 bits per heavy atom. The maximum absolute atomic E-state index is 12.9. The van der Waals surface area contributed by atoms with Crippen molar-refractivity contribution in [1.29, 1.82) is 0 Å². The smallest absolute Gasteiger partial charge is 0.311 e. The fourth-order valence-electron chi connectivity index (χ4n) is 5.45. The molecule has 1 aromatic rings. The zero-order valence-corrected chi connectivity index (χ0v) is 18.0. The number of fused-ring (bicyclic) bond motifs is 3.